The minimum atomic E-state index is 0. The van der Waals surface area contributed by atoms with Crippen LogP contribution in [0.2, 0.25) is 0 Å². The largest absolute Gasteiger partial charge is 0.335 e. The minimum Gasteiger partial charge on any atom is -0.335 e. The van der Waals surface area contributed by atoms with Gasteiger partial charge in [0.1, 0.15) is 0 Å². The van der Waals surface area contributed by atoms with E-state index in [0.29, 0.717) is 11.8 Å². The highest BCUT2D eigenvalue weighted by atomic mass is 35.5. The van der Waals surface area contributed by atoms with Crippen LogP contribution in [0.15, 0.2) is 41.6 Å². The molecule has 4 N–H and O–H groups in total. The molecule has 0 unspecified atom stereocenters. The van der Waals surface area contributed by atoms with Crippen molar-refractivity contribution >= 4 is 37.0 Å². The smallest absolute Gasteiger partial charge is 0.263 e. The number of benzene rings is 1. The first-order valence-electron chi connectivity index (χ1n) is 6.30. The lowest BCUT2D eigenvalue weighted by atomic mass is 10.1. The van der Waals surface area contributed by atoms with Gasteiger partial charge in [-0.05, 0) is 6.92 Å². The number of hydrazone groups is 1. The summed E-state index contributed by atoms with van der Waals surface area (Å²) in [6.07, 6.45) is 3.35. The third-order valence-electron chi connectivity index (χ3n) is 2.97. The summed E-state index contributed by atoms with van der Waals surface area (Å²) in [7, 11) is 0. The van der Waals surface area contributed by atoms with Crippen molar-refractivity contribution in [3.05, 3.63) is 47.9 Å². The average Bonchev–Trinajstić information content (AvgIpc) is 3.10. The number of anilines is 1. The lowest BCUT2D eigenvalue weighted by molar-refractivity contribution is 0.926. The highest BCUT2D eigenvalue weighted by Crippen LogP contribution is 2.19. The average molecular weight is 355 g/mol. The second kappa shape index (κ2) is 8.16. The number of H-pyrrole nitrogens is 1. The summed E-state index contributed by atoms with van der Waals surface area (Å²) in [4.78, 5) is 0. The summed E-state index contributed by atoms with van der Waals surface area (Å²) >= 11 is 0. The zero-order valence-electron chi connectivity index (χ0n) is 12.2. The zero-order chi connectivity index (χ0) is 14.7. The molecule has 0 fully saturated rings. The monoisotopic (exact) mass is 354 g/mol. The summed E-state index contributed by atoms with van der Waals surface area (Å²) in [5, 5.41) is 18.8. The van der Waals surface area contributed by atoms with Crippen LogP contribution in [0.4, 0.5) is 5.95 Å². The third-order valence-corrected chi connectivity index (χ3v) is 2.97. The molecule has 0 radical (unpaired) electrons. The van der Waals surface area contributed by atoms with Crippen LogP contribution in [0.5, 0.6) is 0 Å². The molecular weight excluding hydrogens is 339 g/mol. The van der Waals surface area contributed by atoms with Crippen LogP contribution in [0.3, 0.4) is 0 Å². The van der Waals surface area contributed by atoms with E-state index in [9.17, 15) is 0 Å². The Morgan fingerprint density at radius 3 is 2.61 bits per heavy atom. The molecule has 10 heteroatoms. The Balaban J connectivity index is 0.00000132. The van der Waals surface area contributed by atoms with E-state index in [1.54, 1.807) is 19.3 Å². The molecule has 0 aliphatic heterocycles. The second-order valence-corrected chi connectivity index (χ2v) is 4.38. The molecule has 2 heterocycles. The van der Waals surface area contributed by atoms with E-state index < -0.39 is 0 Å². The molecule has 3 aromatic rings. The lowest BCUT2D eigenvalue weighted by Crippen LogP contribution is -2.13. The van der Waals surface area contributed by atoms with Crippen molar-refractivity contribution in [1.29, 1.82) is 0 Å². The maximum absolute atomic E-state index is 5.72. The van der Waals surface area contributed by atoms with Crippen molar-refractivity contribution in [3.63, 3.8) is 0 Å². The van der Waals surface area contributed by atoms with Gasteiger partial charge in [0, 0.05) is 11.1 Å². The van der Waals surface area contributed by atoms with Crippen LogP contribution in [0, 0.1) is 6.92 Å². The molecule has 0 atom stereocenters. The van der Waals surface area contributed by atoms with Crippen LogP contribution >= 0.6 is 24.8 Å². The predicted molar refractivity (Wildman–Crippen MR) is 94.6 cm³/mol. The van der Waals surface area contributed by atoms with E-state index in [1.165, 1.54) is 4.68 Å². The molecule has 3 rings (SSSR count). The van der Waals surface area contributed by atoms with Gasteiger partial charge in [0.2, 0.25) is 0 Å². The molecular formula is C13H16Cl2N8. The van der Waals surface area contributed by atoms with E-state index in [4.69, 9.17) is 5.84 Å². The molecule has 23 heavy (non-hydrogen) atoms. The summed E-state index contributed by atoms with van der Waals surface area (Å²) in [5.74, 6) is 6.69. The normalized spacial score (nSPS) is 10.1. The summed E-state index contributed by atoms with van der Waals surface area (Å²) in [6, 6.07) is 9.89. The number of hydrogen-bond acceptors (Lipinski definition) is 6. The van der Waals surface area contributed by atoms with Gasteiger partial charge < -0.3 is 5.84 Å². The fourth-order valence-corrected chi connectivity index (χ4v) is 1.83. The highest BCUT2D eigenvalue weighted by Gasteiger charge is 2.06. The Bertz CT molecular complexity index is 765. The first kappa shape index (κ1) is 18.5. The molecule has 0 aliphatic carbocycles. The van der Waals surface area contributed by atoms with Crippen molar-refractivity contribution in [1.82, 2.24) is 25.1 Å². The van der Waals surface area contributed by atoms with E-state index in [2.05, 4.69) is 30.9 Å². The van der Waals surface area contributed by atoms with Gasteiger partial charge in [0.05, 0.1) is 18.1 Å². The third kappa shape index (κ3) is 3.99. The molecule has 0 saturated carbocycles. The van der Waals surface area contributed by atoms with Crippen molar-refractivity contribution in [2.45, 2.75) is 6.92 Å². The number of nitrogen functional groups attached to an aromatic ring is 1. The molecule has 0 bridgehead atoms. The van der Waals surface area contributed by atoms with Crippen molar-refractivity contribution in [2.75, 3.05) is 11.3 Å². The van der Waals surface area contributed by atoms with E-state index in [-0.39, 0.29) is 24.8 Å². The lowest BCUT2D eigenvalue weighted by Gasteiger charge is -2.00. The highest BCUT2D eigenvalue weighted by molar-refractivity contribution is 5.88. The van der Waals surface area contributed by atoms with Crippen LogP contribution in [0.25, 0.3) is 11.3 Å². The van der Waals surface area contributed by atoms with E-state index in [1.807, 2.05) is 30.3 Å². The summed E-state index contributed by atoms with van der Waals surface area (Å²) in [6.45, 7) is 1.76. The van der Waals surface area contributed by atoms with Crippen LogP contribution in [-0.2, 0) is 0 Å². The minimum absolute atomic E-state index is 0. The zero-order valence-corrected chi connectivity index (χ0v) is 13.8. The number of aromatic amines is 1. The molecule has 2 aromatic heterocycles. The number of hydrogen-bond donors (Lipinski definition) is 3. The van der Waals surface area contributed by atoms with Crippen molar-refractivity contribution < 1.29 is 0 Å². The molecule has 0 amide bonds. The van der Waals surface area contributed by atoms with Gasteiger partial charge in [0.15, 0.2) is 5.82 Å². The molecule has 0 spiro atoms. The van der Waals surface area contributed by atoms with Crippen LogP contribution in [0.1, 0.15) is 11.4 Å². The number of nitrogens with one attached hydrogen (secondary N) is 2. The van der Waals surface area contributed by atoms with Gasteiger partial charge in [-0.3, -0.25) is 5.10 Å². The quantitative estimate of drug-likeness (QED) is 0.377. The van der Waals surface area contributed by atoms with Gasteiger partial charge in [-0.15, -0.1) is 35.0 Å². The predicted octanol–water partition coefficient (Wildman–Crippen LogP) is 1.98. The van der Waals surface area contributed by atoms with Gasteiger partial charge in [-0.1, -0.05) is 30.3 Å². The SMILES string of the molecule is Cc1nnc(N/N=C\c2cn[nH]c2-c2ccccc2)n1N.Cl.Cl. The standard InChI is InChI=1S/C13H14N8.2ClH/c1-9-17-20-13(21(9)14)19-16-8-11-7-15-18-12(11)10-5-3-2-4-6-10;;/h2-8H,14H2,1H3,(H,15,18)(H,19,20);2*1H/b16-8-;;. The first-order chi connectivity index (χ1) is 10.3. The fourth-order valence-electron chi connectivity index (χ4n) is 1.83. The summed E-state index contributed by atoms with van der Waals surface area (Å²) in [5.41, 5.74) is 5.53. The Hall–Kier alpha value is -2.58. The van der Waals surface area contributed by atoms with Gasteiger partial charge in [0.25, 0.3) is 5.95 Å². The molecule has 1 aromatic carbocycles. The molecule has 0 aliphatic rings. The molecule has 0 saturated heterocycles. The van der Waals surface area contributed by atoms with Gasteiger partial charge in [-0.2, -0.15) is 10.2 Å². The summed E-state index contributed by atoms with van der Waals surface area (Å²) < 4.78 is 1.32. The van der Waals surface area contributed by atoms with Crippen LogP contribution in [-0.4, -0.2) is 31.3 Å². The van der Waals surface area contributed by atoms with E-state index >= 15 is 0 Å². The Labute approximate surface area is 145 Å². The molecule has 8 nitrogen and oxygen atoms in total. The molecule has 122 valence electrons. The fraction of sp³-hybridized carbons (Fsp3) is 0.0769. The Morgan fingerprint density at radius 1 is 1.22 bits per heavy atom. The number of halogens is 2. The second-order valence-electron chi connectivity index (χ2n) is 4.38. The number of nitrogens with zero attached hydrogens (tertiary/aromatic N) is 5. The Morgan fingerprint density at radius 2 is 1.96 bits per heavy atom. The van der Waals surface area contributed by atoms with Crippen LogP contribution < -0.4 is 11.3 Å². The maximum Gasteiger partial charge on any atom is 0.263 e. The van der Waals surface area contributed by atoms with E-state index in [0.717, 1.165) is 16.8 Å². The number of rotatable bonds is 4. The maximum atomic E-state index is 5.72. The van der Waals surface area contributed by atoms with Gasteiger partial charge >= 0.3 is 0 Å². The van der Waals surface area contributed by atoms with Gasteiger partial charge in [-0.25, -0.2) is 10.1 Å². The topological polar surface area (TPSA) is 110 Å². The van der Waals surface area contributed by atoms with Crippen molar-refractivity contribution in [3.8, 4) is 11.3 Å². The first-order valence-corrected chi connectivity index (χ1v) is 6.30. The number of aromatic nitrogens is 5. The number of nitrogens with two attached hydrogens (primary N) is 1. The Kier molecular flexibility index (Phi) is 6.55. The number of aryl methyl sites for hydroxylation is 1. The van der Waals surface area contributed by atoms with Crippen molar-refractivity contribution in [2.24, 2.45) is 5.10 Å².